The molecule has 1 fully saturated rings. The van der Waals surface area contributed by atoms with E-state index in [0.29, 0.717) is 43.2 Å². The van der Waals surface area contributed by atoms with Crippen molar-refractivity contribution in [2.75, 3.05) is 43.4 Å². The predicted octanol–water partition coefficient (Wildman–Crippen LogP) is 1.63. The smallest absolute Gasteiger partial charge is 0.262 e. The van der Waals surface area contributed by atoms with Gasteiger partial charge in [0.1, 0.15) is 17.4 Å². The normalized spacial score (nSPS) is 14.5. The summed E-state index contributed by atoms with van der Waals surface area (Å²) in [5, 5.41) is 10.5. The first-order valence-electron chi connectivity index (χ1n) is 11.8. The van der Waals surface area contributed by atoms with E-state index >= 15 is 0 Å². The third-order valence-corrected chi connectivity index (χ3v) is 7.66. The lowest BCUT2D eigenvalue weighted by Crippen LogP contribution is -2.51. The number of hydrogen-bond donors (Lipinski definition) is 1. The van der Waals surface area contributed by atoms with Crippen LogP contribution >= 0.6 is 0 Å². The molecule has 190 valence electrons. The molecule has 0 bridgehead atoms. The fourth-order valence-electron chi connectivity index (χ4n) is 3.90. The topological polar surface area (TPSA) is 133 Å². The summed E-state index contributed by atoms with van der Waals surface area (Å²) in [6.45, 7) is 1.43. The van der Waals surface area contributed by atoms with Gasteiger partial charge in [0.05, 0.1) is 5.69 Å². The van der Waals surface area contributed by atoms with Gasteiger partial charge in [-0.2, -0.15) is 4.31 Å². The van der Waals surface area contributed by atoms with Gasteiger partial charge < -0.3 is 4.90 Å². The maximum absolute atomic E-state index is 12.8. The van der Waals surface area contributed by atoms with Gasteiger partial charge >= 0.3 is 0 Å². The van der Waals surface area contributed by atoms with E-state index in [1.807, 2.05) is 35.2 Å². The number of hydrogen-bond acceptors (Lipinski definition) is 9. The van der Waals surface area contributed by atoms with Crippen LogP contribution in [0.3, 0.4) is 0 Å². The number of aryl methyl sites for hydroxylation is 1. The van der Waals surface area contributed by atoms with Crippen LogP contribution in [0.25, 0.3) is 11.3 Å². The van der Waals surface area contributed by atoms with E-state index < -0.39 is 21.7 Å². The molecule has 12 heteroatoms. The molecule has 0 radical (unpaired) electrons. The minimum atomic E-state index is -3.84. The van der Waals surface area contributed by atoms with Crippen LogP contribution in [0, 0.1) is 0 Å². The van der Waals surface area contributed by atoms with Crippen LogP contribution in [-0.2, 0) is 21.2 Å². The van der Waals surface area contributed by atoms with E-state index in [-0.39, 0.29) is 19.6 Å². The summed E-state index contributed by atoms with van der Waals surface area (Å²) in [5.41, 5.74) is 1.74. The molecule has 0 aromatic carbocycles. The molecule has 0 unspecified atom stereocenters. The third-order valence-electron chi connectivity index (χ3n) is 5.90. The lowest BCUT2D eigenvalue weighted by molar-refractivity contribution is -0.162. The molecule has 0 saturated carbocycles. The Kier molecular flexibility index (Phi) is 8.52. The Balaban J connectivity index is 1.22. The fraction of sp³-hybridized carbons (Fsp3) is 0.375. The number of carbonyl (C=O) groups is 1. The molecule has 1 aliphatic rings. The molecule has 0 aliphatic carbocycles. The minimum Gasteiger partial charge on any atom is -0.354 e. The summed E-state index contributed by atoms with van der Waals surface area (Å²) in [4.78, 5) is 31.4. The zero-order valence-corrected chi connectivity index (χ0v) is 20.7. The van der Waals surface area contributed by atoms with Crippen molar-refractivity contribution < 1.29 is 18.4 Å². The molecule has 1 amide bonds. The van der Waals surface area contributed by atoms with Crippen LogP contribution in [-0.4, -0.2) is 87.3 Å². The highest BCUT2D eigenvalue weighted by molar-refractivity contribution is 7.89. The molecule has 1 saturated heterocycles. The zero-order chi connectivity index (χ0) is 25.4. The second-order valence-electron chi connectivity index (χ2n) is 8.40. The van der Waals surface area contributed by atoms with Crippen molar-refractivity contribution >= 4 is 21.7 Å². The van der Waals surface area contributed by atoms with Gasteiger partial charge in [-0.25, -0.2) is 28.4 Å². The highest BCUT2D eigenvalue weighted by atomic mass is 32.2. The van der Waals surface area contributed by atoms with E-state index in [0.717, 1.165) is 17.1 Å². The van der Waals surface area contributed by atoms with Crippen LogP contribution in [0.2, 0.25) is 0 Å². The quantitative estimate of drug-likeness (QED) is 0.245. The molecule has 0 spiro atoms. The Morgan fingerprint density at radius 1 is 0.917 bits per heavy atom. The third kappa shape index (κ3) is 6.80. The average molecular weight is 512 g/mol. The van der Waals surface area contributed by atoms with Gasteiger partial charge in [0.25, 0.3) is 5.91 Å². The number of unbranched alkanes of at least 4 members (excludes halogenated alkanes) is 1. The van der Waals surface area contributed by atoms with Crippen LogP contribution < -0.4 is 4.90 Å². The summed E-state index contributed by atoms with van der Waals surface area (Å²) in [7, 11) is -3.84. The van der Waals surface area contributed by atoms with E-state index in [4.69, 9.17) is 0 Å². The molecule has 3 aromatic rings. The summed E-state index contributed by atoms with van der Waals surface area (Å²) in [6.07, 6.45) is 8.58. The van der Waals surface area contributed by atoms with Crippen LogP contribution in [0.15, 0.2) is 61.2 Å². The second-order valence-corrected chi connectivity index (χ2v) is 10.4. The van der Waals surface area contributed by atoms with E-state index in [1.165, 1.54) is 4.31 Å². The first-order valence-corrected chi connectivity index (χ1v) is 13.4. The number of pyridine rings is 2. The number of sulfonamides is 1. The lowest BCUT2D eigenvalue weighted by Gasteiger charge is -2.34. The molecule has 3 aromatic heterocycles. The van der Waals surface area contributed by atoms with Gasteiger partial charge in [-0.05, 0) is 43.2 Å². The maximum Gasteiger partial charge on any atom is 0.262 e. The monoisotopic (exact) mass is 511 g/mol. The first kappa shape index (κ1) is 25.6. The Bertz CT molecular complexity index is 1220. The minimum absolute atomic E-state index is 0.0507. The Morgan fingerprint density at radius 2 is 1.67 bits per heavy atom. The summed E-state index contributed by atoms with van der Waals surface area (Å²) < 4.78 is 26.8. The SMILES string of the molecule is O=C(CS(=O)(=O)N1CCN(c2ccc(-c3ccccn3)cn2)CC1)N(O)CCCCc1ncccn1. The Labute approximate surface area is 210 Å². The number of amides is 1. The van der Waals surface area contributed by atoms with Gasteiger partial charge in [0.2, 0.25) is 10.0 Å². The molecule has 4 heterocycles. The highest BCUT2D eigenvalue weighted by Gasteiger charge is 2.30. The zero-order valence-electron chi connectivity index (χ0n) is 19.8. The standard InChI is InChI=1S/C24H29N7O4S/c32-24(31(33)13-4-2-7-22-26-11-5-12-27-22)19-36(34,35)30-16-14-29(15-17-30)23-9-8-20(18-28-23)21-6-1-3-10-25-21/h1,3,5-6,8-12,18,33H,2,4,7,13-17,19H2. The van der Waals surface area contributed by atoms with Crippen molar-refractivity contribution in [3.8, 4) is 11.3 Å². The van der Waals surface area contributed by atoms with Crippen molar-refractivity contribution in [1.82, 2.24) is 29.3 Å². The predicted molar refractivity (Wildman–Crippen MR) is 134 cm³/mol. The van der Waals surface area contributed by atoms with Gasteiger partial charge in [-0.15, -0.1) is 0 Å². The molecule has 1 aliphatic heterocycles. The number of hydroxylamine groups is 2. The van der Waals surface area contributed by atoms with E-state index in [9.17, 15) is 18.4 Å². The van der Waals surface area contributed by atoms with Crippen LogP contribution in [0.5, 0.6) is 0 Å². The average Bonchev–Trinajstić information content (AvgIpc) is 2.92. The largest absolute Gasteiger partial charge is 0.354 e. The molecule has 1 N–H and O–H groups in total. The molecule has 0 atom stereocenters. The molecule has 11 nitrogen and oxygen atoms in total. The summed E-state index contributed by atoms with van der Waals surface area (Å²) >= 11 is 0. The Morgan fingerprint density at radius 3 is 2.33 bits per heavy atom. The number of carbonyl (C=O) groups excluding carboxylic acids is 1. The molecular weight excluding hydrogens is 482 g/mol. The van der Waals surface area contributed by atoms with Gasteiger partial charge in [0.15, 0.2) is 0 Å². The molecular formula is C24H29N7O4S. The number of aromatic nitrogens is 4. The van der Waals surface area contributed by atoms with Crippen molar-refractivity contribution in [3.05, 3.63) is 67.0 Å². The number of anilines is 1. The van der Waals surface area contributed by atoms with Crippen molar-refractivity contribution in [3.63, 3.8) is 0 Å². The lowest BCUT2D eigenvalue weighted by atomic mass is 10.2. The van der Waals surface area contributed by atoms with Gasteiger partial charge in [-0.1, -0.05) is 6.07 Å². The Hall–Kier alpha value is -3.48. The van der Waals surface area contributed by atoms with Crippen molar-refractivity contribution in [1.29, 1.82) is 0 Å². The van der Waals surface area contributed by atoms with Crippen molar-refractivity contribution in [2.24, 2.45) is 0 Å². The first-order chi connectivity index (χ1) is 17.4. The highest BCUT2D eigenvalue weighted by Crippen LogP contribution is 2.20. The number of nitrogens with zero attached hydrogens (tertiary/aromatic N) is 7. The summed E-state index contributed by atoms with van der Waals surface area (Å²) in [6, 6.07) is 11.2. The van der Waals surface area contributed by atoms with Crippen molar-refractivity contribution in [2.45, 2.75) is 19.3 Å². The maximum atomic E-state index is 12.8. The number of rotatable bonds is 10. The van der Waals surface area contributed by atoms with E-state index in [1.54, 1.807) is 30.9 Å². The summed E-state index contributed by atoms with van der Waals surface area (Å²) in [5.74, 6) is -0.151. The van der Waals surface area contributed by atoms with Crippen LogP contribution in [0.1, 0.15) is 18.7 Å². The van der Waals surface area contributed by atoms with E-state index in [2.05, 4.69) is 19.9 Å². The number of piperazine rings is 1. The van der Waals surface area contributed by atoms with Gasteiger partial charge in [-0.3, -0.25) is 15.0 Å². The fourth-order valence-corrected chi connectivity index (χ4v) is 5.27. The van der Waals surface area contributed by atoms with Crippen LogP contribution in [0.4, 0.5) is 5.82 Å². The van der Waals surface area contributed by atoms with Gasteiger partial charge in [0, 0.05) is 69.5 Å². The second kappa shape index (κ2) is 12.0. The molecule has 36 heavy (non-hydrogen) atoms. The molecule has 4 rings (SSSR count).